The molecule has 154 valence electrons. The number of terminal acetylenes is 1. The van der Waals surface area contributed by atoms with E-state index in [-0.39, 0.29) is 6.04 Å². The highest BCUT2D eigenvalue weighted by Crippen LogP contribution is 2.32. The molecule has 30 heavy (non-hydrogen) atoms. The smallest absolute Gasteiger partial charge is 0.246 e. The van der Waals surface area contributed by atoms with Crippen LogP contribution in [-0.2, 0) is 11.2 Å². The summed E-state index contributed by atoms with van der Waals surface area (Å²) in [5.74, 6) is 2.64. The van der Waals surface area contributed by atoms with Crippen molar-refractivity contribution in [1.29, 1.82) is 5.26 Å². The van der Waals surface area contributed by atoms with Gasteiger partial charge < -0.3 is 14.0 Å². The molecule has 0 aliphatic heterocycles. The quantitative estimate of drug-likeness (QED) is 0.548. The van der Waals surface area contributed by atoms with Crippen LogP contribution in [0.15, 0.2) is 24.4 Å². The van der Waals surface area contributed by atoms with Gasteiger partial charge >= 0.3 is 0 Å². The van der Waals surface area contributed by atoms with Gasteiger partial charge in [-0.2, -0.15) is 5.26 Å². The van der Waals surface area contributed by atoms with E-state index in [1.54, 1.807) is 13.2 Å². The summed E-state index contributed by atoms with van der Waals surface area (Å²) in [6, 6.07) is 7.98. The van der Waals surface area contributed by atoms with Crippen LogP contribution in [0, 0.1) is 37.5 Å². The SMILES string of the molecule is C#C[C@@H](C#N)Oc1ccc(-c2nc3c(C)cn([C@@H](C)COC)c3cc2C)c(CC)n1. The minimum absolute atomic E-state index is 0.215. The third kappa shape index (κ3) is 4.01. The molecule has 0 aliphatic carbocycles. The van der Waals surface area contributed by atoms with Crippen LogP contribution in [0.4, 0.5) is 0 Å². The Hall–Kier alpha value is -3.35. The Morgan fingerprint density at radius 2 is 2.00 bits per heavy atom. The molecule has 6 nitrogen and oxygen atoms in total. The van der Waals surface area contributed by atoms with E-state index in [1.807, 2.05) is 19.1 Å². The Morgan fingerprint density at radius 1 is 1.23 bits per heavy atom. The lowest BCUT2D eigenvalue weighted by molar-refractivity contribution is 0.164. The molecule has 0 spiro atoms. The van der Waals surface area contributed by atoms with Crippen molar-refractivity contribution in [2.75, 3.05) is 13.7 Å². The molecule has 0 saturated carbocycles. The van der Waals surface area contributed by atoms with Gasteiger partial charge in [0.05, 0.1) is 35.1 Å². The van der Waals surface area contributed by atoms with Crippen molar-refractivity contribution in [3.63, 3.8) is 0 Å². The van der Waals surface area contributed by atoms with Crippen LogP contribution in [0.5, 0.6) is 5.88 Å². The lowest BCUT2D eigenvalue weighted by Crippen LogP contribution is -2.12. The summed E-state index contributed by atoms with van der Waals surface area (Å²) >= 11 is 0. The lowest BCUT2D eigenvalue weighted by Gasteiger charge is -2.16. The summed E-state index contributed by atoms with van der Waals surface area (Å²) in [6.07, 6.45) is 7.17. The van der Waals surface area contributed by atoms with Crippen LogP contribution in [-0.4, -0.2) is 34.4 Å². The van der Waals surface area contributed by atoms with Crippen LogP contribution < -0.4 is 4.74 Å². The zero-order valence-corrected chi connectivity index (χ0v) is 18.1. The Bertz CT molecular complexity index is 1140. The maximum absolute atomic E-state index is 9.02. The molecular formula is C24H26N4O2. The van der Waals surface area contributed by atoms with Gasteiger partial charge in [-0.3, -0.25) is 0 Å². The number of rotatable bonds is 7. The number of fused-ring (bicyclic) bond motifs is 1. The second kappa shape index (κ2) is 8.98. The van der Waals surface area contributed by atoms with Gasteiger partial charge in [-0.05, 0) is 56.4 Å². The normalized spacial score (nSPS) is 12.9. The predicted molar refractivity (Wildman–Crippen MR) is 117 cm³/mol. The van der Waals surface area contributed by atoms with Gasteiger partial charge in [0.15, 0.2) is 0 Å². The Morgan fingerprint density at radius 3 is 2.63 bits per heavy atom. The van der Waals surface area contributed by atoms with Gasteiger partial charge in [-0.25, -0.2) is 9.97 Å². The first kappa shape index (κ1) is 21.4. The van der Waals surface area contributed by atoms with Crippen LogP contribution in [0.2, 0.25) is 0 Å². The highest BCUT2D eigenvalue weighted by molar-refractivity contribution is 5.84. The second-order valence-electron chi connectivity index (χ2n) is 7.34. The van der Waals surface area contributed by atoms with Gasteiger partial charge in [0.25, 0.3) is 0 Å². The number of ether oxygens (including phenoxy) is 2. The maximum Gasteiger partial charge on any atom is 0.246 e. The number of pyridine rings is 2. The highest BCUT2D eigenvalue weighted by atomic mass is 16.5. The van der Waals surface area contributed by atoms with Gasteiger partial charge in [-0.15, -0.1) is 6.42 Å². The van der Waals surface area contributed by atoms with Gasteiger partial charge in [0.2, 0.25) is 12.0 Å². The number of nitriles is 1. The first-order valence-electron chi connectivity index (χ1n) is 9.93. The van der Waals surface area contributed by atoms with E-state index in [0.29, 0.717) is 18.9 Å². The Kier molecular flexibility index (Phi) is 6.40. The first-order chi connectivity index (χ1) is 14.4. The summed E-state index contributed by atoms with van der Waals surface area (Å²) in [5, 5.41) is 9.02. The van der Waals surface area contributed by atoms with Gasteiger partial charge in [0.1, 0.15) is 6.07 Å². The van der Waals surface area contributed by atoms with Crippen molar-refractivity contribution in [1.82, 2.24) is 14.5 Å². The first-order valence-corrected chi connectivity index (χ1v) is 9.93. The fourth-order valence-electron chi connectivity index (χ4n) is 3.63. The second-order valence-corrected chi connectivity index (χ2v) is 7.34. The summed E-state index contributed by atoms with van der Waals surface area (Å²) in [7, 11) is 1.71. The summed E-state index contributed by atoms with van der Waals surface area (Å²) in [4.78, 5) is 9.59. The fourth-order valence-corrected chi connectivity index (χ4v) is 3.63. The zero-order chi connectivity index (χ0) is 21.8. The van der Waals surface area contributed by atoms with Gasteiger partial charge in [0, 0.05) is 24.9 Å². The van der Waals surface area contributed by atoms with Gasteiger partial charge in [-0.1, -0.05) is 6.92 Å². The van der Waals surface area contributed by atoms with E-state index in [1.165, 1.54) is 0 Å². The van der Waals surface area contributed by atoms with Crippen LogP contribution in [0.1, 0.15) is 36.7 Å². The van der Waals surface area contributed by atoms with Crippen molar-refractivity contribution < 1.29 is 9.47 Å². The summed E-state index contributed by atoms with van der Waals surface area (Å²) in [6.45, 7) is 8.93. The van der Waals surface area contributed by atoms with E-state index in [9.17, 15) is 0 Å². The molecule has 0 fully saturated rings. The monoisotopic (exact) mass is 402 g/mol. The van der Waals surface area contributed by atoms with Crippen molar-refractivity contribution in [3.05, 3.63) is 41.2 Å². The topological polar surface area (TPSA) is 73.0 Å². The van der Waals surface area contributed by atoms with E-state index in [4.69, 9.17) is 26.1 Å². The predicted octanol–water partition coefficient (Wildman–Crippen LogP) is 4.39. The minimum atomic E-state index is -0.958. The summed E-state index contributed by atoms with van der Waals surface area (Å²) < 4.78 is 13.0. The molecule has 0 aromatic carbocycles. The molecule has 0 radical (unpaired) electrons. The largest absolute Gasteiger partial charge is 0.447 e. The van der Waals surface area contributed by atoms with E-state index >= 15 is 0 Å². The fraction of sp³-hybridized carbons (Fsp3) is 0.375. The molecule has 3 aromatic rings. The van der Waals surface area contributed by atoms with E-state index in [2.05, 4.69) is 48.5 Å². The average Bonchev–Trinajstić information content (AvgIpc) is 3.07. The third-order valence-electron chi connectivity index (χ3n) is 5.11. The lowest BCUT2D eigenvalue weighted by atomic mass is 10.0. The molecule has 6 heteroatoms. The van der Waals surface area contributed by atoms with Crippen molar-refractivity contribution >= 4 is 11.0 Å². The van der Waals surface area contributed by atoms with Crippen molar-refractivity contribution in [3.8, 4) is 35.6 Å². The highest BCUT2D eigenvalue weighted by Gasteiger charge is 2.18. The molecule has 2 atom stereocenters. The minimum Gasteiger partial charge on any atom is -0.447 e. The molecule has 3 aromatic heterocycles. The zero-order valence-electron chi connectivity index (χ0n) is 18.1. The molecule has 0 aliphatic rings. The maximum atomic E-state index is 9.02. The third-order valence-corrected chi connectivity index (χ3v) is 5.11. The molecule has 0 unspecified atom stereocenters. The molecular weight excluding hydrogens is 376 g/mol. The molecule has 3 heterocycles. The van der Waals surface area contributed by atoms with Crippen LogP contribution in [0.3, 0.4) is 0 Å². The van der Waals surface area contributed by atoms with Crippen molar-refractivity contribution in [2.45, 2.75) is 46.3 Å². The summed E-state index contributed by atoms with van der Waals surface area (Å²) in [5.41, 5.74) is 6.94. The molecule has 0 amide bonds. The number of aryl methyl sites for hydroxylation is 3. The molecule has 3 rings (SSSR count). The average molecular weight is 402 g/mol. The number of hydrogen-bond acceptors (Lipinski definition) is 5. The number of methoxy groups -OCH3 is 1. The molecule has 0 N–H and O–H groups in total. The number of aromatic nitrogens is 3. The Balaban J connectivity index is 2.08. The molecule has 0 bridgehead atoms. The standard InChI is InChI=1S/C24H26N4O2/c1-7-18(12-25)30-22-10-9-19(20(8-2)26-22)23-15(3)11-21-24(27-23)16(4)13-28(21)17(5)14-29-6/h1,9-11,13,17-18H,8,14H2,2-6H3/t17-,18-/m0/s1. The molecule has 0 saturated heterocycles. The van der Waals surface area contributed by atoms with Crippen LogP contribution >= 0.6 is 0 Å². The number of nitrogens with zero attached hydrogens (tertiary/aromatic N) is 4. The number of hydrogen-bond donors (Lipinski definition) is 0. The van der Waals surface area contributed by atoms with Crippen LogP contribution in [0.25, 0.3) is 22.3 Å². The van der Waals surface area contributed by atoms with E-state index in [0.717, 1.165) is 39.1 Å². The van der Waals surface area contributed by atoms with Crippen molar-refractivity contribution in [2.24, 2.45) is 0 Å². The Labute approximate surface area is 177 Å². The van der Waals surface area contributed by atoms with E-state index < -0.39 is 6.10 Å².